The Labute approximate surface area is 125 Å². The Morgan fingerprint density at radius 2 is 1.95 bits per heavy atom. The van der Waals surface area contributed by atoms with Crippen molar-refractivity contribution in [2.45, 2.75) is 17.6 Å². The van der Waals surface area contributed by atoms with Crippen molar-refractivity contribution >= 4 is 39.7 Å². The van der Waals surface area contributed by atoms with E-state index in [1.807, 2.05) is 19.1 Å². The van der Waals surface area contributed by atoms with Gasteiger partial charge >= 0.3 is 0 Å². The number of anilines is 1. The molecule has 2 nitrogen and oxygen atoms in total. The first-order valence-corrected chi connectivity index (χ1v) is 7.74. The van der Waals surface area contributed by atoms with Gasteiger partial charge in [-0.25, -0.2) is 0 Å². The van der Waals surface area contributed by atoms with E-state index < -0.39 is 10.8 Å². The van der Waals surface area contributed by atoms with Crippen molar-refractivity contribution in [1.29, 1.82) is 0 Å². The highest BCUT2D eigenvalue weighted by molar-refractivity contribution is 7.84. The molecular weight excluding hydrogens is 301 g/mol. The molecule has 2 N–H and O–H groups in total. The van der Waals surface area contributed by atoms with E-state index in [0.29, 0.717) is 21.5 Å². The van der Waals surface area contributed by atoms with Crippen LogP contribution in [0.1, 0.15) is 11.1 Å². The summed E-state index contributed by atoms with van der Waals surface area (Å²) in [5, 5.41) is 0.941. The Morgan fingerprint density at radius 1 is 1.21 bits per heavy atom. The number of hydrogen-bond donors (Lipinski definition) is 1. The summed E-state index contributed by atoms with van der Waals surface area (Å²) in [5.74, 6) is 0.337. The third kappa shape index (κ3) is 3.30. The van der Waals surface area contributed by atoms with E-state index in [-0.39, 0.29) is 0 Å². The van der Waals surface area contributed by atoms with Crippen LogP contribution in [0, 0.1) is 6.92 Å². The number of benzene rings is 2. The standard InChI is InChI=1S/C14H13Cl2NOS/c1-9-7-11(17)5-6-13(9)19(18)8-10-3-2-4-12(15)14(10)16/h2-7H,8,17H2,1H3. The van der Waals surface area contributed by atoms with Gasteiger partial charge in [0, 0.05) is 10.6 Å². The maximum atomic E-state index is 12.4. The molecule has 0 spiro atoms. The average Bonchev–Trinajstić information content (AvgIpc) is 2.34. The van der Waals surface area contributed by atoms with Crippen LogP contribution in [0.2, 0.25) is 10.0 Å². The zero-order valence-electron chi connectivity index (χ0n) is 10.3. The summed E-state index contributed by atoms with van der Waals surface area (Å²) in [5.41, 5.74) is 8.05. The van der Waals surface area contributed by atoms with Crippen LogP contribution in [0.25, 0.3) is 0 Å². The molecule has 0 bridgehead atoms. The molecule has 0 aromatic heterocycles. The minimum atomic E-state index is -1.17. The van der Waals surface area contributed by atoms with Gasteiger partial charge < -0.3 is 5.73 Å². The second kappa shape index (κ2) is 5.95. The molecule has 0 fully saturated rings. The van der Waals surface area contributed by atoms with Crippen LogP contribution in [0.3, 0.4) is 0 Å². The second-order valence-corrected chi connectivity index (χ2v) is 6.43. The summed E-state index contributed by atoms with van der Waals surface area (Å²) in [6, 6.07) is 10.7. The van der Waals surface area contributed by atoms with Gasteiger partial charge in [0.2, 0.25) is 0 Å². The molecule has 1 unspecified atom stereocenters. The van der Waals surface area contributed by atoms with Gasteiger partial charge in [0.25, 0.3) is 0 Å². The molecule has 0 amide bonds. The van der Waals surface area contributed by atoms with Crippen molar-refractivity contribution in [2.75, 3.05) is 5.73 Å². The van der Waals surface area contributed by atoms with Crippen LogP contribution < -0.4 is 5.73 Å². The van der Waals surface area contributed by atoms with E-state index in [1.54, 1.807) is 24.3 Å². The van der Waals surface area contributed by atoms with Gasteiger partial charge in [-0.3, -0.25) is 4.21 Å². The van der Waals surface area contributed by atoms with Crippen LogP contribution in [0.4, 0.5) is 5.69 Å². The van der Waals surface area contributed by atoms with Crippen LogP contribution in [-0.2, 0) is 16.6 Å². The van der Waals surface area contributed by atoms with Gasteiger partial charge in [-0.15, -0.1) is 0 Å². The molecule has 0 aliphatic carbocycles. The molecule has 0 radical (unpaired) electrons. The van der Waals surface area contributed by atoms with Crippen LogP contribution in [0.5, 0.6) is 0 Å². The second-order valence-electron chi connectivity index (χ2n) is 4.23. The summed E-state index contributed by atoms with van der Waals surface area (Å²) >= 11 is 12.1. The normalized spacial score (nSPS) is 12.4. The highest BCUT2D eigenvalue weighted by Crippen LogP contribution is 2.28. The van der Waals surface area contributed by atoms with Crippen molar-refractivity contribution in [1.82, 2.24) is 0 Å². The predicted molar refractivity (Wildman–Crippen MR) is 82.2 cm³/mol. The minimum absolute atomic E-state index is 0.337. The Kier molecular flexibility index (Phi) is 4.50. The van der Waals surface area contributed by atoms with Gasteiger partial charge in [0.05, 0.1) is 26.6 Å². The van der Waals surface area contributed by atoms with E-state index in [1.165, 1.54) is 0 Å². The number of hydrogen-bond acceptors (Lipinski definition) is 2. The SMILES string of the molecule is Cc1cc(N)ccc1S(=O)Cc1cccc(Cl)c1Cl. The quantitative estimate of drug-likeness (QED) is 0.863. The first-order chi connectivity index (χ1) is 8.99. The van der Waals surface area contributed by atoms with Crippen molar-refractivity contribution < 1.29 is 4.21 Å². The smallest absolute Gasteiger partial charge is 0.0633 e. The Balaban J connectivity index is 2.28. The summed E-state index contributed by atoms with van der Waals surface area (Å²) in [4.78, 5) is 0.769. The molecule has 0 heterocycles. The lowest BCUT2D eigenvalue weighted by Gasteiger charge is -2.09. The lowest BCUT2D eigenvalue weighted by molar-refractivity contribution is 0.682. The monoisotopic (exact) mass is 313 g/mol. The van der Waals surface area contributed by atoms with Crippen LogP contribution >= 0.6 is 23.2 Å². The Morgan fingerprint density at radius 3 is 2.63 bits per heavy atom. The zero-order valence-corrected chi connectivity index (χ0v) is 12.6. The van der Waals surface area contributed by atoms with Gasteiger partial charge in [0.15, 0.2) is 0 Å². The van der Waals surface area contributed by atoms with Crippen molar-refractivity contribution in [2.24, 2.45) is 0 Å². The summed E-state index contributed by atoms with van der Waals surface area (Å²) < 4.78 is 12.4. The van der Waals surface area contributed by atoms with Crippen molar-refractivity contribution in [3.63, 3.8) is 0 Å². The number of rotatable bonds is 3. The fraction of sp³-hybridized carbons (Fsp3) is 0.143. The highest BCUT2D eigenvalue weighted by atomic mass is 35.5. The lowest BCUT2D eigenvalue weighted by atomic mass is 10.2. The summed E-state index contributed by atoms with van der Waals surface area (Å²) in [6.07, 6.45) is 0. The summed E-state index contributed by atoms with van der Waals surface area (Å²) in [6.45, 7) is 1.89. The van der Waals surface area contributed by atoms with E-state index in [0.717, 1.165) is 16.0 Å². The Bertz CT molecular complexity index is 643. The molecule has 2 aromatic carbocycles. The fourth-order valence-corrected chi connectivity index (χ4v) is 3.59. The molecule has 0 aliphatic heterocycles. The molecule has 1 atom stereocenters. The van der Waals surface area contributed by atoms with Crippen molar-refractivity contribution in [3.05, 3.63) is 57.6 Å². The lowest BCUT2D eigenvalue weighted by Crippen LogP contribution is -2.00. The molecular formula is C14H13Cl2NOS. The van der Waals surface area contributed by atoms with E-state index in [4.69, 9.17) is 28.9 Å². The number of halogens is 2. The zero-order chi connectivity index (χ0) is 14.0. The molecule has 0 saturated heterocycles. The molecule has 0 aliphatic rings. The van der Waals surface area contributed by atoms with E-state index in [9.17, 15) is 4.21 Å². The number of nitrogen functional groups attached to an aromatic ring is 1. The molecule has 19 heavy (non-hydrogen) atoms. The highest BCUT2D eigenvalue weighted by Gasteiger charge is 2.12. The van der Waals surface area contributed by atoms with E-state index >= 15 is 0 Å². The largest absolute Gasteiger partial charge is 0.399 e. The van der Waals surface area contributed by atoms with E-state index in [2.05, 4.69) is 0 Å². The fourth-order valence-electron chi connectivity index (χ4n) is 1.81. The van der Waals surface area contributed by atoms with Crippen molar-refractivity contribution in [3.8, 4) is 0 Å². The van der Waals surface area contributed by atoms with Crippen LogP contribution in [0.15, 0.2) is 41.3 Å². The maximum absolute atomic E-state index is 12.4. The molecule has 100 valence electrons. The number of aryl methyl sites for hydroxylation is 1. The first-order valence-electron chi connectivity index (χ1n) is 5.66. The van der Waals surface area contributed by atoms with Crippen LogP contribution in [-0.4, -0.2) is 4.21 Å². The Hall–Kier alpha value is -1.03. The topological polar surface area (TPSA) is 43.1 Å². The average molecular weight is 314 g/mol. The number of nitrogens with two attached hydrogens (primary N) is 1. The third-order valence-corrected chi connectivity index (χ3v) is 5.14. The maximum Gasteiger partial charge on any atom is 0.0633 e. The predicted octanol–water partition coefficient (Wildman–Crippen LogP) is 4.19. The summed E-state index contributed by atoms with van der Waals surface area (Å²) in [7, 11) is -1.17. The third-order valence-electron chi connectivity index (χ3n) is 2.76. The molecule has 2 aromatic rings. The molecule has 0 saturated carbocycles. The van der Waals surface area contributed by atoms with Gasteiger partial charge in [0.1, 0.15) is 0 Å². The van der Waals surface area contributed by atoms with Gasteiger partial charge in [-0.05, 0) is 42.3 Å². The minimum Gasteiger partial charge on any atom is -0.399 e. The van der Waals surface area contributed by atoms with Gasteiger partial charge in [-0.2, -0.15) is 0 Å². The first kappa shape index (κ1) is 14.4. The molecule has 2 rings (SSSR count). The molecule has 5 heteroatoms. The van der Waals surface area contributed by atoms with Gasteiger partial charge in [-0.1, -0.05) is 35.3 Å².